The van der Waals surface area contributed by atoms with Crippen molar-refractivity contribution in [2.45, 2.75) is 6.61 Å². The molecule has 5 N–H and O–H groups in total. The number of phenolic OH excluding ortho intramolecular Hbond substituents is 1. The molecule has 8 nitrogen and oxygen atoms in total. The molecule has 0 amide bonds. The highest BCUT2D eigenvalue weighted by Crippen LogP contribution is 2.35. The number of aliphatic hydroxyl groups excluding tert-OH is 1. The molecular formula is C11H17N3O5. The predicted octanol–water partition coefficient (Wildman–Crippen LogP) is 0.180. The van der Waals surface area contributed by atoms with Crippen LogP contribution in [0.1, 0.15) is 5.56 Å². The van der Waals surface area contributed by atoms with E-state index in [2.05, 4.69) is 5.32 Å². The van der Waals surface area contributed by atoms with Crippen LogP contribution in [-0.4, -0.2) is 41.4 Å². The van der Waals surface area contributed by atoms with Crippen LogP contribution in [0.15, 0.2) is 12.1 Å². The topological polar surface area (TPSA) is 131 Å². The van der Waals surface area contributed by atoms with Crippen LogP contribution in [0.3, 0.4) is 0 Å². The number of nitro benzene ring substituents is 1. The molecule has 1 aromatic carbocycles. The summed E-state index contributed by atoms with van der Waals surface area (Å²) < 4.78 is 5.13. The maximum atomic E-state index is 10.9. The lowest BCUT2D eigenvalue weighted by molar-refractivity contribution is -0.386. The molecule has 19 heavy (non-hydrogen) atoms. The number of aromatic hydroxyl groups is 1. The maximum Gasteiger partial charge on any atom is 0.278 e. The van der Waals surface area contributed by atoms with Crippen molar-refractivity contribution in [3.8, 4) is 5.75 Å². The molecule has 0 spiro atoms. The normalized spacial score (nSPS) is 10.4. The second kappa shape index (κ2) is 7.52. The van der Waals surface area contributed by atoms with Gasteiger partial charge in [0.1, 0.15) is 0 Å². The largest absolute Gasteiger partial charge is 0.505 e. The van der Waals surface area contributed by atoms with Crippen molar-refractivity contribution in [3.05, 3.63) is 27.8 Å². The van der Waals surface area contributed by atoms with Gasteiger partial charge in [0.15, 0.2) is 5.75 Å². The molecule has 0 unspecified atom stereocenters. The van der Waals surface area contributed by atoms with Gasteiger partial charge in [0.05, 0.1) is 36.0 Å². The lowest BCUT2D eigenvalue weighted by Gasteiger charge is -2.12. The Morgan fingerprint density at radius 1 is 1.47 bits per heavy atom. The van der Waals surface area contributed by atoms with E-state index >= 15 is 0 Å². The van der Waals surface area contributed by atoms with E-state index in [0.717, 1.165) is 0 Å². The number of nitrogens with one attached hydrogen (secondary N) is 1. The standard InChI is InChI=1S/C11H17N3O5/c12-3-6-19-7-8-10(14(17)18)2-1-9(11(8)16)13-4-5-15/h1-2,13,15-16H,3-7,12H2. The van der Waals surface area contributed by atoms with Gasteiger partial charge >= 0.3 is 0 Å². The van der Waals surface area contributed by atoms with Gasteiger partial charge in [0, 0.05) is 19.2 Å². The number of hydrogen-bond donors (Lipinski definition) is 4. The number of ether oxygens (including phenoxy) is 1. The lowest BCUT2D eigenvalue weighted by Crippen LogP contribution is -2.10. The van der Waals surface area contributed by atoms with Gasteiger partial charge < -0.3 is 26.0 Å². The molecule has 0 radical (unpaired) electrons. The molecule has 0 saturated heterocycles. The van der Waals surface area contributed by atoms with Gasteiger partial charge in [-0.2, -0.15) is 0 Å². The minimum atomic E-state index is -0.587. The Bertz CT molecular complexity index is 439. The van der Waals surface area contributed by atoms with E-state index in [9.17, 15) is 15.2 Å². The minimum absolute atomic E-state index is 0.0846. The summed E-state index contributed by atoms with van der Waals surface area (Å²) in [5, 5.41) is 32.3. The quantitative estimate of drug-likeness (QED) is 0.229. The van der Waals surface area contributed by atoms with Crippen LogP contribution >= 0.6 is 0 Å². The summed E-state index contributed by atoms with van der Waals surface area (Å²) in [4.78, 5) is 10.3. The smallest absolute Gasteiger partial charge is 0.278 e. The predicted molar refractivity (Wildman–Crippen MR) is 69.0 cm³/mol. The highest BCUT2D eigenvalue weighted by molar-refractivity contribution is 5.65. The lowest BCUT2D eigenvalue weighted by atomic mass is 10.1. The van der Waals surface area contributed by atoms with Gasteiger partial charge in [0.2, 0.25) is 0 Å². The zero-order valence-electron chi connectivity index (χ0n) is 10.3. The van der Waals surface area contributed by atoms with Crippen molar-refractivity contribution in [3.63, 3.8) is 0 Å². The van der Waals surface area contributed by atoms with E-state index in [4.69, 9.17) is 15.6 Å². The number of benzene rings is 1. The molecule has 0 aliphatic carbocycles. The first kappa shape index (κ1) is 15.2. The summed E-state index contributed by atoms with van der Waals surface area (Å²) in [5.41, 5.74) is 5.44. The fourth-order valence-corrected chi connectivity index (χ4v) is 1.53. The third-order valence-corrected chi connectivity index (χ3v) is 2.39. The molecular weight excluding hydrogens is 254 g/mol. The van der Waals surface area contributed by atoms with Crippen LogP contribution in [0, 0.1) is 10.1 Å². The van der Waals surface area contributed by atoms with Crippen LogP contribution in [0.25, 0.3) is 0 Å². The first-order chi connectivity index (χ1) is 9.11. The van der Waals surface area contributed by atoms with Gasteiger partial charge in [0.25, 0.3) is 5.69 Å². The van der Waals surface area contributed by atoms with Crippen molar-refractivity contribution in [2.24, 2.45) is 5.73 Å². The van der Waals surface area contributed by atoms with Crippen molar-refractivity contribution in [1.82, 2.24) is 0 Å². The van der Waals surface area contributed by atoms with E-state index < -0.39 is 4.92 Å². The van der Waals surface area contributed by atoms with E-state index in [1.54, 1.807) is 0 Å². The van der Waals surface area contributed by atoms with E-state index in [1.807, 2.05) is 0 Å². The number of nitrogens with zero attached hydrogens (tertiary/aromatic N) is 1. The molecule has 106 valence electrons. The van der Waals surface area contributed by atoms with Crippen LogP contribution in [0.5, 0.6) is 5.75 Å². The number of nitro groups is 1. The molecule has 0 atom stereocenters. The van der Waals surface area contributed by atoms with Crippen molar-refractivity contribution >= 4 is 11.4 Å². The third-order valence-electron chi connectivity index (χ3n) is 2.39. The van der Waals surface area contributed by atoms with Crippen molar-refractivity contribution in [2.75, 3.05) is 31.6 Å². The average molecular weight is 271 g/mol. The van der Waals surface area contributed by atoms with Gasteiger partial charge in [-0.1, -0.05) is 0 Å². The van der Waals surface area contributed by atoms with E-state index in [-0.39, 0.29) is 49.9 Å². The van der Waals surface area contributed by atoms with Crippen molar-refractivity contribution in [1.29, 1.82) is 0 Å². The molecule has 0 aliphatic rings. The monoisotopic (exact) mass is 271 g/mol. The Balaban J connectivity index is 3.01. The Morgan fingerprint density at radius 2 is 2.21 bits per heavy atom. The highest BCUT2D eigenvalue weighted by Gasteiger charge is 2.20. The Hall–Kier alpha value is -1.90. The van der Waals surface area contributed by atoms with E-state index in [0.29, 0.717) is 5.69 Å². The van der Waals surface area contributed by atoms with Crippen LogP contribution in [0.4, 0.5) is 11.4 Å². The van der Waals surface area contributed by atoms with E-state index in [1.165, 1.54) is 12.1 Å². The van der Waals surface area contributed by atoms with Gasteiger partial charge in [-0.3, -0.25) is 10.1 Å². The Kier molecular flexibility index (Phi) is 6.00. The van der Waals surface area contributed by atoms with Crippen LogP contribution in [0.2, 0.25) is 0 Å². The maximum absolute atomic E-state index is 10.9. The number of aliphatic hydroxyl groups is 1. The number of phenols is 1. The molecule has 0 aliphatic heterocycles. The van der Waals surface area contributed by atoms with Gasteiger partial charge in [-0.15, -0.1) is 0 Å². The summed E-state index contributed by atoms with van der Waals surface area (Å²) in [6.45, 7) is 0.541. The summed E-state index contributed by atoms with van der Waals surface area (Å²) in [7, 11) is 0. The van der Waals surface area contributed by atoms with Crippen LogP contribution in [-0.2, 0) is 11.3 Å². The van der Waals surface area contributed by atoms with Crippen molar-refractivity contribution < 1.29 is 19.9 Å². The summed E-state index contributed by atoms with van der Waals surface area (Å²) in [6.07, 6.45) is 0. The second-order valence-electron chi connectivity index (χ2n) is 3.71. The second-order valence-corrected chi connectivity index (χ2v) is 3.71. The first-order valence-corrected chi connectivity index (χ1v) is 5.73. The molecule has 0 heterocycles. The fourth-order valence-electron chi connectivity index (χ4n) is 1.53. The number of anilines is 1. The zero-order valence-corrected chi connectivity index (χ0v) is 10.3. The minimum Gasteiger partial charge on any atom is -0.505 e. The average Bonchev–Trinajstić information content (AvgIpc) is 2.39. The number of rotatable bonds is 8. The Labute approximate surface area is 110 Å². The molecule has 0 aromatic heterocycles. The third kappa shape index (κ3) is 4.05. The fraction of sp³-hybridized carbons (Fsp3) is 0.455. The summed E-state index contributed by atoms with van der Waals surface area (Å²) in [6, 6.07) is 2.66. The number of hydrogen-bond acceptors (Lipinski definition) is 7. The zero-order chi connectivity index (χ0) is 14.3. The molecule has 0 saturated carbocycles. The van der Waals surface area contributed by atoms with Crippen LogP contribution < -0.4 is 11.1 Å². The number of nitrogens with two attached hydrogens (primary N) is 1. The SMILES string of the molecule is NCCOCc1c([N+](=O)[O-])ccc(NCCO)c1O. The van der Waals surface area contributed by atoms with Gasteiger partial charge in [-0.05, 0) is 6.07 Å². The first-order valence-electron chi connectivity index (χ1n) is 5.73. The molecule has 1 aromatic rings. The molecule has 0 fully saturated rings. The summed E-state index contributed by atoms with van der Waals surface area (Å²) >= 11 is 0. The molecule has 0 bridgehead atoms. The molecule has 1 rings (SSSR count). The highest BCUT2D eigenvalue weighted by atomic mass is 16.6. The molecule has 8 heteroatoms. The Morgan fingerprint density at radius 3 is 2.79 bits per heavy atom. The summed E-state index contributed by atoms with van der Waals surface area (Å²) in [5.74, 6) is -0.250. The van der Waals surface area contributed by atoms with Gasteiger partial charge in [-0.25, -0.2) is 0 Å².